The maximum absolute atomic E-state index is 14.7. The van der Waals surface area contributed by atoms with E-state index in [1.54, 1.807) is 12.1 Å². The topological polar surface area (TPSA) is 87.9 Å². The molecule has 0 radical (unpaired) electrons. The van der Waals surface area contributed by atoms with Crippen LogP contribution in [0.3, 0.4) is 0 Å². The first-order valence-corrected chi connectivity index (χ1v) is 9.45. The molecule has 7 nitrogen and oxygen atoms in total. The number of nitrogens with zero attached hydrogens (tertiary/aromatic N) is 2. The number of hydrogen-bond donors (Lipinski definition) is 2. The van der Waals surface area contributed by atoms with E-state index >= 15 is 0 Å². The molecule has 2 heterocycles. The number of anilines is 2. The first-order valence-electron chi connectivity index (χ1n) is 9.45. The number of fused-ring (bicyclic) bond motifs is 1. The van der Waals surface area contributed by atoms with Gasteiger partial charge in [0.15, 0.2) is 0 Å². The van der Waals surface area contributed by atoms with E-state index < -0.39 is 12.2 Å². The lowest BCUT2D eigenvalue weighted by atomic mass is 10.1. The standard InChI is InChI=1S/C19H25FN4O3/c1-11(25)22-7-13-8-24(19(26)27-13)12-2-3-18(17(20)6-12)23-9-15-14(4-5-21)16(15)10-23/h2-3,6,13-16H,4-5,7-10,21H2,1H3,(H,22,25)/t13-,14?,15-,16+/m0/s1. The van der Waals surface area contributed by atoms with Crippen LogP contribution in [0.1, 0.15) is 13.3 Å². The summed E-state index contributed by atoms with van der Waals surface area (Å²) >= 11 is 0. The molecule has 0 aromatic heterocycles. The molecule has 1 saturated carbocycles. The van der Waals surface area contributed by atoms with Gasteiger partial charge < -0.3 is 20.7 Å². The highest BCUT2D eigenvalue weighted by atomic mass is 19.1. The molecule has 0 bridgehead atoms. The van der Waals surface area contributed by atoms with E-state index in [0.717, 1.165) is 26.1 Å². The Morgan fingerprint density at radius 1 is 1.33 bits per heavy atom. The van der Waals surface area contributed by atoms with Gasteiger partial charge in [-0.2, -0.15) is 0 Å². The maximum Gasteiger partial charge on any atom is 0.414 e. The lowest BCUT2D eigenvalue weighted by molar-refractivity contribution is -0.119. The van der Waals surface area contributed by atoms with E-state index in [1.807, 2.05) is 0 Å². The number of ether oxygens (including phenoxy) is 1. The first-order chi connectivity index (χ1) is 13.0. The second kappa shape index (κ2) is 6.99. The summed E-state index contributed by atoms with van der Waals surface area (Å²) in [5.74, 6) is 1.46. The van der Waals surface area contributed by atoms with Crippen molar-refractivity contribution in [1.29, 1.82) is 0 Å². The molecule has 3 fully saturated rings. The Hall–Kier alpha value is -2.35. The third-order valence-corrected chi connectivity index (χ3v) is 5.91. The van der Waals surface area contributed by atoms with Gasteiger partial charge in [0.25, 0.3) is 0 Å². The number of nitrogens with one attached hydrogen (secondary N) is 1. The number of hydrogen-bond acceptors (Lipinski definition) is 5. The zero-order valence-corrected chi connectivity index (χ0v) is 15.4. The minimum Gasteiger partial charge on any atom is -0.442 e. The Kier molecular flexibility index (Phi) is 4.67. The van der Waals surface area contributed by atoms with Gasteiger partial charge in [-0.25, -0.2) is 9.18 Å². The molecule has 1 aromatic carbocycles. The third kappa shape index (κ3) is 3.45. The van der Waals surface area contributed by atoms with Gasteiger partial charge in [-0.15, -0.1) is 0 Å². The zero-order chi connectivity index (χ0) is 19.1. The van der Waals surface area contributed by atoms with Crippen LogP contribution in [0.15, 0.2) is 18.2 Å². The monoisotopic (exact) mass is 376 g/mol. The molecule has 27 heavy (non-hydrogen) atoms. The molecule has 4 rings (SSSR count). The van der Waals surface area contributed by atoms with Crippen LogP contribution in [0.4, 0.5) is 20.6 Å². The molecule has 3 aliphatic rings. The average Bonchev–Trinajstić information content (AvgIpc) is 2.98. The molecule has 4 atom stereocenters. The van der Waals surface area contributed by atoms with Gasteiger partial charge in [0, 0.05) is 20.0 Å². The lowest BCUT2D eigenvalue weighted by Crippen LogP contribution is -2.33. The van der Waals surface area contributed by atoms with Crippen LogP contribution in [0, 0.1) is 23.6 Å². The fourth-order valence-electron chi connectivity index (χ4n) is 4.48. The summed E-state index contributed by atoms with van der Waals surface area (Å²) in [4.78, 5) is 26.6. The van der Waals surface area contributed by atoms with Gasteiger partial charge in [-0.05, 0) is 48.9 Å². The minimum atomic E-state index is -0.524. The van der Waals surface area contributed by atoms with Gasteiger partial charge >= 0.3 is 6.09 Å². The van der Waals surface area contributed by atoms with Crippen molar-refractivity contribution < 1.29 is 18.7 Å². The highest BCUT2D eigenvalue weighted by Gasteiger charge is 2.55. The molecule has 1 unspecified atom stereocenters. The average molecular weight is 376 g/mol. The number of rotatable bonds is 6. The zero-order valence-electron chi connectivity index (χ0n) is 15.4. The van der Waals surface area contributed by atoms with Crippen molar-refractivity contribution in [3.8, 4) is 0 Å². The molecular formula is C19H25FN4O3. The number of carbonyl (C=O) groups is 2. The number of piperidine rings is 1. The predicted octanol–water partition coefficient (Wildman–Crippen LogP) is 1.32. The van der Waals surface area contributed by atoms with Crippen LogP contribution in [0.5, 0.6) is 0 Å². The smallest absolute Gasteiger partial charge is 0.414 e. The number of carbonyl (C=O) groups excluding carboxylic acids is 2. The normalized spacial score (nSPS) is 28.9. The molecule has 8 heteroatoms. The van der Waals surface area contributed by atoms with Gasteiger partial charge in [-0.3, -0.25) is 9.69 Å². The Balaban J connectivity index is 1.39. The number of amides is 2. The molecule has 1 aromatic rings. The third-order valence-electron chi connectivity index (χ3n) is 5.91. The molecular weight excluding hydrogens is 351 g/mol. The van der Waals surface area contributed by atoms with E-state index in [-0.39, 0.29) is 24.8 Å². The van der Waals surface area contributed by atoms with Crippen molar-refractivity contribution in [2.45, 2.75) is 19.4 Å². The minimum absolute atomic E-state index is 0.183. The first kappa shape index (κ1) is 18.0. The number of benzene rings is 1. The van der Waals surface area contributed by atoms with Crippen LogP contribution < -0.4 is 20.9 Å². The van der Waals surface area contributed by atoms with Crippen LogP contribution in [0.25, 0.3) is 0 Å². The Bertz CT molecular complexity index is 746. The summed E-state index contributed by atoms with van der Waals surface area (Å²) in [6.45, 7) is 4.40. The summed E-state index contributed by atoms with van der Waals surface area (Å²) in [5, 5.41) is 2.63. The molecule has 3 N–H and O–H groups in total. The van der Waals surface area contributed by atoms with Crippen molar-refractivity contribution >= 4 is 23.4 Å². The van der Waals surface area contributed by atoms with Crippen molar-refractivity contribution in [2.24, 2.45) is 23.5 Å². The van der Waals surface area contributed by atoms with Gasteiger partial charge in [0.1, 0.15) is 11.9 Å². The molecule has 146 valence electrons. The van der Waals surface area contributed by atoms with Crippen molar-refractivity contribution in [3.05, 3.63) is 24.0 Å². The van der Waals surface area contributed by atoms with Crippen molar-refractivity contribution in [3.63, 3.8) is 0 Å². The summed E-state index contributed by atoms with van der Waals surface area (Å²) < 4.78 is 20.0. The van der Waals surface area contributed by atoms with Crippen LogP contribution >= 0.6 is 0 Å². The fourth-order valence-corrected chi connectivity index (χ4v) is 4.48. The molecule has 2 aliphatic heterocycles. The second-order valence-electron chi connectivity index (χ2n) is 7.66. The summed E-state index contributed by atoms with van der Waals surface area (Å²) in [7, 11) is 0. The number of halogens is 1. The lowest BCUT2D eigenvalue weighted by Gasteiger charge is -2.23. The highest BCUT2D eigenvalue weighted by molar-refractivity contribution is 5.90. The van der Waals surface area contributed by atoms with E-state index in [4.69, 9.17) is 10.5 Å². The Morgan fingerprint density at radius 2 is 2.07 bits per heavy atom. The quantitative estimate of drug-likeness (QED) is 0.782. The van der Waals surface area contributed by atoms with Gasteiger partial charge in [0.05, 0.1) is 24.5 Å². The van der Waals surface area contributed by atoms with E-state index in [2.05, 4.69) is 10.2 Å². The number of nitrogens with two attached hydrogens (primary N) is 1. The Labute approximate surface area is 157 Å². The van der Waals surface area contributed by atoms with Gasteiger partial charge in [-0.1, -0.05) is 0 Å². The van der Waals surface area contributed by atoms with Crippen LogP contribution in [-0.4, -0.2) is 50.8 Å². The SMILES string of the molecule is CC(=O)NC[C@H]1CN(c2ccc(N3C[C@@H]4C(CCN)[C@@H]4C3)c(F)c2)C(=O)O1. The summed E-state index contributed by atoms with van der Waals surface area (Å²) in [6, 6.07) is 4.88. The van der Waals surface area contributed by atoms with E-state index in [1.165, 1.54) is 17.9 Å². The molecule has 2 amide bonds. The number of cyclic esters (lactones) is 1. The largest absolute Gasteiger partial charge is 0.442 e. The second-order valence-corrected chi connectivity index (χ2v) is 7.66. The Morgan fingerprint density at radius 3 is 2.70 bits per heavy atom. The van der Waals surface area contributed by atoms with Crippen molar-refractivity contribution in [2.75, 3.05) is 42.5 Å². The molecule has 1 aliphatic carbocycles. The predicted molar refractivity (Wildman–Crippen MR) is 99.1 cm³/mol. The van der Waals surface area contributed by atoms with Gasteiger partial charge in [0.2, 0.25) is 5.91 Å². The molecule has 0 spiro atoms. The maximum atomic E-state index is 14.7. The van der Waals surface area contributed by atoms with E-state index in [9.17, 15) is 14.0 Å². The summed E-state index contributed by atoms with van der Waals surface area (Å²) in [6.07, 6.45) is 0.0975. The van der Waals surface area contributed by atoms with Crippen LogP contribution in [0.2, 0.25) is 0 Å². The van der Waals surface area contributed by atoms with Crippen molar-refractivity contribution in [1.82, 2.24) is 5.32 Å². The van der Waals surface area contributed by atoms with E-state index in [0.29, 0.717) is 29.1 Å². The van der Waals surface area contributed by atoms with Crippen LogP contribution in [-0.2, 0) is 9.53 Å². The summed E-state index contributed by atoms with van der Waals surface area (Å²) in [5.41, 5.74) is 6.69. The highest BCUT2D eigenvalue weighted by Crippen LogP contribution is 2.54. The molecule has 2 saturated heterocycles. The fraction of sp³-hybridized carbons (Fsp3) is 0.579.